The SMILES string of the molecule is CC(C)CC(N)C(=O)O[C@H]1CC[C@@]2(C)[C@H](CC[C@@H]3[C@@H]2CCC2(C)[C@@H](c4ccc(=O)oc4)CC[C@]32O)C1. The van der Waals surface area contributed by atoms with Crippen molar-refractivity contribution in [1.82, 2.24) is 0 Å². The number of ether oxygens (including phenoxy) is 1. The van der Waals surface area contributed by atoms with E-state index < -0.39 is 11.6 Å². The van der Waals surface area contributed by atoms with E-state index in [2.05, 4.69) is 27.7 Å². The summed E-state index contributed by atoms with van der Waals surface area (Å²) in [6, 6.07) is 2.87. The van der Waals surface area contributed by atoms with Crippen molar-refractivity contribution in [3.8, 4) is 0 Å². The topological polar surface area (TPSA) is 103 Å². The second-order valence-electron chi connectivity index (χ2n) is 13.4. The van der Waals surface area contributed by atoms with E-state index in [0.717, 1.165) is 63.4 Å². The molecule has 3 N–H and O–H groups in total. The summed E-state index contributed by atoms with van der Waals surface area (Å²) >= 11 is 0. The summed E-state index contributed by atoms with van der Waals surface area (Å²) in [5.41, 5.74) is 6.07. The first kappa shape index (κ1) is 26.0. The van der Waals surface area contributed by atoms with Crippen LogP contribution in [-0.2, 0) is 9.53 Å². The fourth-order valence-corrected chi connectivity index (χ4v) is 9.25. The van der Waals surface area contributed by atoms with Crippen molar-refractivity contribution in [1.29, 1.82) is 0 Å². The third-order valence-corrected chi connectivity index (χ3v) is 11.2. The van der Waals surface area contributed by atoms with Gasteiger partial charge in [-0.3, -0.25) is 4.79 Å². The average Bonchev–Trinajstić information content (AvgIpc) is 3.10. The Balaban J connectivity index is 1.30. The van der Waals surface area contributed by atoms with Gasteiger partial charge in [0.15, 0.2) is 0 Å². The summed E-state index contributed by atoms with van der Waals surface area (Å²) in [7, 11) is 0. The largest absolute Gasteiger partial charge is 0.461 e. The molecule has 2 unspecified atom stereocenters. The van der Waals surface area contributed by atoms with Gasteiger partial charge in [0.2, 0.25) is 0 Å². The Bertz CT molecular complexity index is 1020. The maximum absolute atomic E-state index is 12.6. The normalized spacial score (nSPS) is 42.8. The molecule has 0 spiro atoms. The number of aliphatic hydroxyl groups is 1. The molecule has 36 heavy (non-hydrogen) atoms. The van der Waals surface area contributed by atoms with Crippen molar-refractivity contribution >= 4 is 5.97 Å². The molecule has 0 aliphatic heterocycles. The van der Waals surface area contributed by atoms with Crippen molar-refractivity contribution < 1.29 is 19.1 Å². The van der Waals surface area contributed by atoms with Crippen LogP contribution in [0.15, 0.2) is 27.6 Å². The van der Waals surface area contributed by atoms with Crippen LogP contribution in [0.2, 0.25) is 0 Å². The zero-order valence-electron chi connectivity index (χ0n) is 22.5. The molecule has 1 aromatic rings. The van der Waals surface area contributed by atoms with Crippen LogP contribution in [0.3, 0.4) is 0 Å². The predicted molar refractivity (Wildman–Crippen MR) is 138 cm³/mol. The van der Waals surface area contributed by atoms with Crippen molar-refractivity contribution in [3.63, 3.8) is 0 Å². The fraction of sp³-hybridized carbons (Fsp3) is 0.800. The Hall–Kier alpha value is -1.66. The van der Waals surface area contributed by atoms with E-state index in [0.29, 0.717) is 24.2 Å². The molecule has 0 bridgehead atoms. The highest BCUT2D eigenvalue weighted by Crippen LogP contribution is 2.70. The zero-order chi connectivity index (χ0) is 25.9. The molecular formula is C30H45NO5. The summed E-state index contributed by atoms with van der Waals surface area (Å²) in [5.74, 6) is 1.63. The second kappa shape index (κ2) is 9.27. The maximum atomic E-state index is 12.6. The molecule has 0 aromatic carbocycles. The van der Waals surface area contributed by atoms with E-state index in [4.69, 9.17) is 14.9 Å². The first-order valence-electron chi connectivity index (χ1n) is 14.2. The molecule has 9 atom stereocenters. The van der Waals surface area contributed by atoms with Gasteiger partial charge >= 0.3 is 11.6 Å². The zero-order valence-corrected chi connectivity index (χ0v) is 22.5. The van der Waals surface area contributed by atoms with Gasteiger partial charge in [0.1, 0.15) is 12.1 Å². The van der Waals surface area contributed by atoms with Gasteiger partial charge < -0.3 is 20.0 Å². The lowest BCUT2D eigenvalue weighted by Gasteiger charge is -2.63. The van der Waals surface area contributed by atoms with Gasteiger partial charge in [-0.2, -0.15) is 0 Å². The molecule has 1 heterocycles. The Kier molecular flexibility index (Phi) is 6.68. The van der Waals surface area contributed by atoms with Crippen LogP contribution in [0.1, 0.15) is 103 Å². The first-order valence-corrected chi connectivity index (χ1v) is 14.2. The average molecular weight is 500 g/mol. The van der Waals surface area contributed by atoms with Gasteiger partial charge in [-0.05, 0) is 111 Å². The summed E-state index contributed by atoms with van der Waals surface area (Å²) in [6.07, 6.45) is 11.0. The highest BCUT2D eigenvalue weighted by molar-refractivity contribution is 5.75. The lowest BCUT2D eigenvalue weighted by molar-refractivity contribution is -0.207. The third-order valence-electron chi connectivity index (χ3n) is 11.2. The van der Waals surface area contributed by atoms with E-state index in [1.807, 2.05) is 6.07 Å². The number of fused-ring (bicyclic) bond motifs is 5. The van der Waals surface area contributed by atoms with Gasteiger partial charge in [0.25, 0.3) is 0 Å². The second-order valence-corrected chi connectivity index (χ2v) is 13.4. The number of hydrogen-bond acceptors (Lipinski definition) is 6. The van der Waals surface area contributed by atoms with Gasteiger partial charge in [0, 0.05) is 11.5 Å². The molecule has 6 heteroatoms. The van der Waals surface area contributed by atoms with E-state index in [1.54, 1.807) is 6.26 Å². The lowest BCUT2D eigenvalue weighted by atomic mass is 9.43. The molecule has 5 rings (SSSR count). The Morgan fingerprint density at radius 2 is 1.89 bits per heavy atom. The minimum absolute atomic E-state index is 0.0362. The van der Waals surface area contributed by atoms with Crippen LogP contribution >= 0.6 is 0 Å². The van der Waals surface area contributed by atoms with Gasteiger partial charge in [-0.25, -0.2) is 4.79 Å². The van der Waals surface area contributed by atoms with Crippen molar-refractivity contribution in [2.75, 3.05) is 0 Å². The number of esters is 1. The lowest BCUT2D eigenvalue weighted by Crippen LogP contribution is -2.62. The molecule has 6 nitrogen and oxygen atoms in total. The number of nitrogens with two attached hydrogens (primary N) is 1. The van der Waals surface area contributed by atoms with Crippen molar-refractivity contribution in [2.45, 2.75) is 116 Å². The van der Waals surface area contributed by atoms with Gasteiger partial charge in [-0.15, -0.1) is 0 Å². The predicted octanol–water partition coefficient (Wildman–Crippen LogP) is 5.17. The summed E-state index contributed by atoms with van der Waals surface area (Å²) in [6.45, 7) is 8.87. The monoisotopic (exact) mass is 499 g/mol. The number of carbonyl (C=O) groups is 1. The number of carbonyl (C=O) groups excluding carboxylic acids is 1. The van der Waals surface area contributed by atoms with E-state index in [9.17, 15) is 14.7 Å². The van der Waals surface area contributed by atoms with E-state index >= 15 is 0 Å². The first-order chi connectivity index (χ1) is 17.0. The van der Waals surface area contributed by atoms with Gasteiger partial charge in [0.05, 0.1) is 11.9 Å². The molecule has 200 valence electrons. The molecular weight excluding hydrogens is 454 g/mol. The van der Waals surface area contributed by atoms with Crippen LogP contribution in [0, 0.1) is 34.5 Å². The summed E-state index contributed by atoms with van der Waals surface area (Å²) in [4.78, 5) is 24.1. The van der Waals surface area contributed by atoms with E-state index in [-0.39, 0.29) is 40.4 Å². The van der Waals surface area contributed by atoms with Crippen LogP contribution in [0.25, 0.3) is 0 Å². The molecule has 1 aromatic heterocycles. The van der Waals surface area contributed by atoms with Crippen LogP contribution in [0.4, 0.5) is 0 Å². The fourth-order valence-electron chi connectivity index (χ4n) is 9.25. The number of hydrogen-bond donors (Lipinski definition) is 2. The number of rotatable bonds is 5. The highest BCUT2D eigenvalue weighted by atomic mass is 16.5. The third kappa shape index (κ3) is 4.07. The van der Waals surface area contributed by atoms with E-state index in [1.165, 1.54) is 6.07 Å². The van der Waals surface area contributed by atoms with Crippen LogP contribution in [-0.4, -0.2) is 28.8 Å². The molecule has 0 amide bonds. The molecule has 4 aliphatic rings. The van der Waals surface area contributed by atoms with Crippen molar-refractivity contribution in [2.24, 2.45) is 40.2 Å². The smallest absolute Gasteiger partial charge is 0.335 e. The molecule has 0 radical (unpaired) electrons. The Labute approximate surface area is 215 Å². The van der Waals surface area contributed by atoms with Crippen LogP contribution in [0.5, 0.6) is 0 Å². The minimum Gasteiger partial charge on any atom is -0.461 e. The molecule has 4 fully saturated rings. The molecule has 4 saturated carbocycles. The van der Waals surface area contributed by atoms with Crippen LogP contribution < -0.4 is 11.4 Å². The van der Waals surface area contributed by atoms with Gasteiger partial charge in [-0.1, -0.05) is 27.7 Å². The summed E-state index contributed by atoms with van der Waals surface area (Å²) < 4.78 is 11.1. The quantitative estimate of drug-likeness (QED) is 0.542. The highest BCUT2D eigenvalue weighted by Gasteiger charge is 2.67. The Morgan fingerprint density at radius 3 is 2.58 bits per heavy atom. The molecule has 4 aliphatic carbocycles. The minimum atomic E-state index is -0.697. The maximum Gasteiger partial charge on any atom is 0.335 e. The van der Waals surface area contributed by atoms with Crippen molar-refractivity contribution in [3.05, 3.63) is 34.4 Å². The molecule has 0 saturated heterocycles. The summed E-state index contributed by atoms with van der Waals surface area (Å²) in [5, 5.41) is 12.4. The Morgan fingerprint density at radius 1 is 1.11 bits per heavy atom. The standard InChI is InChI=1S/C30H45NO5/c1-18(2)15-25(31)27(33)36-21-9-12-28(3)20(16-21)6-7-24-23(28)10-13-29(4)22(11-14-30(24,29)34)19-5-8-26(32)35-17-19/h5,8,17-18,20-25,34H,6-7,9-16,31H2,1-4H3/t20-,21+,22-,23+,24-,25?,28+,29?,30+/m1/s1.